The van der Waals surface area contributed by atoms with Gasteiger partial charge in [0, 0.05) is 81.7 Å². The van der Waals surface area contributed by atoms with Crippen LogP contribution >= 0.6 is 0 Å². The van der Waals surface area contributed by atoms with Gasteiger partial charge in [0.15, 0.2) is 0 Å². The predicted octanol–water partition coefficient (Wildman–Crippen LogP) is 23.5. The maximum absolute atomic E-state index is 5.83. The molecule has 0 amide bonds. The number of para-hydroxylation sites is 9. The van der Waals surface area contributed by atoms with Crippen molar-refractivity contribution in [2.45, 2.75) is 0 Å². The molecular weight excluding hydrogens is 1240 g/mol. The van der Waals surface area contributed by atoms with Crippen molar-refractivity contribution in [1.29, 1.82) is 0 Å². The van der Waals surface area contributed by atoms with Crippen LogP contribution in [0.25, 0.3) is 199 Å². The Morgan fingerprint density at radius 2 is 0.333 bits per heavy atom. The summed E-state index contributed by atoms with van der Waals surface area (Å²) in [5, 5.41) is 13.7. The van der Waals surface area contributed by atoms with Gasteiger partial charge in [-0.15, -0.1) is 0 Å². The van der Waals surface area contributed by atoms with E-state index in [1.54, 1.807) is 0 Å². The van der Waals surface area contributed by atoms with Crippen molar-refractivity contribution in [1.82, 2.24) is 42.4 Å². The van der Waals surface area contributed by atoms with E-state index in [2.05, 4.69) is 373 Å². The van der Waals surface area contributed by atoms with Gasteiger partial charge in [-0.05, 0) is 161 Å². The molecule has 0 aliphatic rings. The molecule has 0 saturated carbocycles. The molecule has 0 aliphatic carbocycles. The van der Waals surface area contributed by atoms with E-state index in [1.807, 2.05) is 0 Å². The van der Waals surface area contributed by atoms with Crippen LogP contribution in [-0.4, -0.2) is 42.4 Å². The van der Waals surface area contributed by atoms with Crippen LogP contribution in [0.4, 0.5) is 0 Å². The van der Waals surface area contributed by atoms with E-state index in [4.69, 9.17) is 15.0 Å². The van der Waals surface area contributed by atoms with Gasteiger partial charge in [-0.2, -0.15) is 15.0 Å². The summed E-state index contributed by atoms with van der Waals surface area (Å²) in [6.07, 6.45) is 0. The van der Waals surface area contributed by atoms with Gasteiger partial charge in [0.05, 0.1) is 66.2 Å². The highest BCUT2D eigenvalue weighted by Gasteiger charge is 2.26. The third-order valence-electron chi connectivity index (χ3n) is 21.3. The average Bonchev–Trinajstić information content (AvgIpc) is 1.53. The summed E-state index contributed by atoms with van der Waals surface area (Å²) < 4.78 is 13.9. The first-order valence-electron chi connectivity index (χ1n) is 34.7. The monoisotopic (exact) mass is 1300 g/mol. The first kappa shape index (κ1) is 56.2. The quantitative estimate of drug-likeness (QED) is 0.145. The molecule has 0 bridgehead atoms. The van der Waals surface area contributed by atoms with E-state index < -0.39 is 0 Å². The molecule has 7 heterocycles. The molecule has 102 heavy (non-hydrogen) atoms. The van der Waals surface area contributed by atoms with Gasteiger partial charge in [-0.25, -0.2) is 0 Å². The zero-order chi connectivity index (χ0) is 66.7. The summed E-state index contributed by atoms with van der Waals surface area (Å²) in [4.78, 5) is 17.5. The van der Waals surface area contributed by atoms with Crippen LogP contribution in [0.15, 0.2) is 346 Å². The first-order valence-corrected chi connectivity index (χ1v) is 34.7. The minimum absolute atomic E-state index is 0.490. The molecule has 22 aromatic rings. The number of rotatable bonds is 9. The van der Waals surface area contributed by atoms with Crippen molar-refractivity contribution in [3.05, 3.63) is 346 Å². The molecule has 0 radical (unpaired) electrons. The normalized spacial score (nSPS) is 12.1. The molecule has 0 fully saturated rings. The predicted molar refractivity (Wildman–Crippen MR) is 422 cm³/mol. The third kappa shape index (κ3) is 8.30. The van der Waals surface area contributed by atoms with Gasteiger partial charge in [0.2, 0.25) is 17.8 Å². The van der Waals surface area contributed by atoms with Gasteiger partial charge in [0.1, 0.15) is 0 Å². The molecule has 9 heteroatoms. The zero-order valence-corrected chi connectivity index (χ0v) is 54.9. The highest BCUT2D eigenvalue weighted by Crippen LogP contribution is 2.44. The Morgan fingerprint density at radius 1 is 0.137 bits per heavy atom. The Bertz CT molecular complexity index is 6550. The molecule has 0 aliphatic heterocycles. The Hall–Kier alpha value is -13.9. The van der Waals surface area contributed by atoms with Crippen molar-refractivity contribution in [2.75, 3.05) is 0 Å². The van der Waals surface area contributed by atoms with E-state index in [0.717, 1.165) is 132 Å². The lowest BCUT2D eigenvalue weighted by molar-refractivity contribution is 0.848. The highest BCUT2D eigenvalue weighted by atomic mass is 15.3. The smallest absolute Gasteiger partial charge is 0.241 e. The Kier molecular flexibility index (Phi) is 12.0. The van der Waals surface area contributed by atoms with Gasteiger partial charge in [0.25, 0.3) is 0 Å². The lowest BCUT2D eigenvalue weighted by Crippen LogP contribution is -2.13. The van der Waals surface area contributed by atoms with E-state index in [0.29, 0.717) is 17.8 Å². The fourth-order valence-electron chi connectivity index (χ4n) is 16.8. The molecule has 0 saturated heterocycles. The molecule has 7 aromatic heterocycles. The second-order valence-electron chi connectivity index (χ2n) is 26.7. The molecule has 22 rings (SSSR count). The topological polar surface area (TPSA) is 68.2 Å². The molecule has 15 aromatic carbocycles. The number of hydrogen-bond donors (Lipinski definition) is 0. The average molecular weight is 1300 g/mol. The zero-order valence-electron chi connectivity index (χ0n) is 54.9. The van der Waals surface area contributed by atoms with E-state index >= 15 is 0 Å². The Labute approximate surface area is 583 Å². The lowest BCUT2D eigenvalue weighted by Gasteiger charge is -2.15. The van der Waals surface area contributed by atoms with Crippen LogP contribution in [0.3, 0.4) is 0 Å². The maximum atomic E-state index is 5.83. The summed E-state index contributed by atoms with van der Waals surface area (Å²) in [6.45, 7) is 0. The van der Waals surface area contributed by atoms with E-state index in [1.165, 1.54) is 48.9 Å². The third-order valence-corrected chi connectivity index (χ3v) is 21.3. The number of nitrogens with zero attached hydrogens (tertiary/aromatic N) is 9. The Balaban J connectivity index is 0.787. The summed E-state index contributed by atoms with van der Waals surface area (Å²) in [5.41, 5.74) is 22.8. The highest BCUT2D eigenvalue weighted by molar-refractivity contribution is 6.16. The minimum atomic E-state index is 0.490. The second-order valence-corrected chi connectivity index (χ2v) is 26.7. The SMILES string of the molecule is c1ccc(-n2c3ccccc3c3cc(-c4ccc5c6ccccc6n(-c6nc(-n7c8ccccc8c8ccc(-c9ccc%10c(c9)c9ccccc9n%10-c9ccccc9)cc87)nc(-n7c8ccccc8c8ccc(-c9ccc%10c(c9)c9ccccc9n%10-c9ccccc9)cc87)n6)c5c4)ccc32)cc1. The molecular formula is C93H57N9. The standard InChI is InChI=1S/C93H57N9/c1-4-22-64(23-5-1)97-79-34-16-13-31-70(79)76-52-58(43-49-85(76)97)61-40-46-73-67-28-10-19-37-82(67)100(88(73)55-61)91-94-92(101-83-38-20-11-29-68(83)74-47-41-62(56-89(74)101)59-44-50-86-77(53-59)71-32-14-17-35-80(71)98(86)65-24-6-2-7-25-65)96-93(95-91)102-84-39-21-12-30-69(84)75-48-42-63(57-90(75)102)60-45-51-87-78(54-60)72-33-15-18-36-81(72)99(87)66-26-8-3-9-27-66/h1-57H. The van der Waals surface area contributed by atoms with Gasteiger partial charge >= 0.3 is 0 Å². The molecule has 0 unspecified atom stereocenters. The van der Waals surface area contributed by atoms with E-state index in [-0.39, 0.29) is 0 Å². The number of aromatic nitrogens is 9. The molecule has 9 nitrogen and oxygen atoms in total. The summed E-state index contributed by atoms with van der Waals surface area (Å²) in [5.74, 6) is 1.47. The van der Waals surface area contributed by atoms with Crippen LogP contribution < -0.4 is 0 Å². The van der Waals surface area contributed by atoms with Crippen molar-refractivity contribution in [3.63, 3.8) is 0 Å². The van der Waals surface area contributed by atoms with Crippen LogP contribution in [0.1, 0.15) is 0 Å². The van der Waals surface area contributed by atoms with Crippen LogP contribution in [-0.2, 0) is 0 Å². The number of fused-ring (bicyclic) bond motifs is 18. The van der Waals surface area contributed by atoms with Crippen LogP contribution in [0, 0.1) is 0 Å². The van der Waals surface area contributed by atoms with Crippen molar-refractivity contribution < 1.29 is 0 Å². The second kappa shape index (κ2) is 21.8. The van der Waals surface area contributed by atoms with Crippen molar-refractivity contribution >= 4 is 131 Å². The summed E-state index contributed by atoms with van der Waals surface area (Å²) in [7, 11) is 0. The van der Waals surface area contributed by atoms with Crippen LogP contribution in [0.5, 0.6) is 0 Å². The minimum Gasteiger partial charge on any atom is -0.309 e. The fourth-order valence-corrected chi connectivity index (χ4v) is 16.8. The first-order chi connectivity index (χ1) is 50.6. The number of hydrogen-bond acceptors (Lipinski definition) is 3. The van der Waals surface area contributed by atoms with Crippen molar-refractivity contribution in [3.8, 4) is 68.3 Å². The van der Waals surface area contributed by atoms with Gasteiger partial charge in [-0.3, -0.25) is 13.7 Å². The maximum Gasteiger partial charge on any atom is 0.241 e. The number of benzene rings is 15. The van der Waals surface area contributed by atoms with Gasteiger partial charge in [-0.1, -0.05) is 218 Å². The lowest BCUT2D eigenvalue weighted by atomic mass is 10.0. The largest absolute Gasteiger partial charge is 0.309 e. The summed E-state index contributed by atoms with van der Waals surface area (Å²) >= 11 is 0. The fraction of sp³-hybridized carbons (Fsp3) is 0. The molecule has 0 spiro atoms. The van der Waals surface area contributed by atoms with E-state index in [9.17, 15) is 0 Å². The molecule has 474 valence electrons. The van der Waals surface area contributed by atoms with Gasteiger partial charge < -0.3 is 13.7 Å². The molecule has 0 atom stereocenters. The van der Waals surface area contributed by atoms with Crippen molar-refractivity contribution in [2.24, 2.45) is 0 Å². The Morgan fingerprint density at radius 3 is 0.608 bits per heavy atom. The molecule has 0 N–H and O–H groups in total. The summed E-state index contributed by atoms with van der Waals surface area (Å²) in [6, 6.07) is 126. The van der Waals surface area contributed by atoms with Crippen LogP contribution in [0.2, 0.25) is 0 Å².